The van der Waals surface area contributed by atoms with Crippen LogP contribution < -0.4 is 0 Å². The molecule has 0 unspecified atom stereocenters. The molecule has 2 aromatic heterocycles. The van der Waals surface area contributed by atoms with Gasteiger partial charge in [-0.2, -0.15) is 4.31 Å². The highest BCUT2D eigenvalue weighted by atomic mass is 32.2. The second kappa shape index (κ2) is 7.51. The maximum Gasteiger partial charge on any atom is 0.243 e. The van der Waals surface area contributed by atoms with Gasteiger partial charge in [-0.05, 0) is 54.6 Å². The van der Waals surface area contributed by atoms with E-state index in [9.17, 15) is 12.8 Å². The lowest BCUT2D eigenvalue weighted by Gasteiger charge is -2.22. The van der Waals surface area contributed by atoms with Crippen LogP contribution in [-0.4, -0.2) is 19.3 Å². The fourth-order valence-corrected chi connectivity index (χ4v) is 4.93. The monoisotopic (exact) mass is 379 g/mol. The van der Waals surface area contributed by atoms with E-state index in [1.807, 2.05) is 17.5 Å². The summed E-state index contributed by atoms with van der Waals surface area (Å²) in [7, 11) is -3.75. The van der Waals surface area contributed by atoms with Crippen molar-refractivity contribution in [3.63, 3.8) is 0 Å². The zero-order chi connectivity index (χ0) is 17.9. The number of furan rings is 1. The highest BCUT2D eigenvalue weighted by Gasteiger charge is 2.26. The lowest BCUT2D eigenvalue weighted by molar-refractivity contribution is 0.408. The molecule has 0 fully saturated rings. The lowest BCUT2D eigenvalue weighted by Crippen LogP contribution is -2.32. The van der Waals surface area contributed by atoms with Crippen molar-refractivity contribution in [1.29, 1.82) is 0 Å². The van der Waals surface area contributed by atoms with Crippen LogP contribution in [0.4, 0.5) is 4.39 Å². The molecule has 0 aliphatic heterocycles. The number of hydrogen-bond donors (Lipinski definition) is 0. The topological polar surface area (TPSA) is 50.5 Å². The van der Waals surface area contributed by atoms with Gasteiger partial charge >= 0.3 is 0 Å². The van der Waals surface area contributed by atoms with E-state index in [-0.39, 0.29) is 11.4 Å². The minimum atomic E-state index is -3.75. The lowest BCUT2D eigenvalue weighted by atomic mass is 10.2. The van der Waals surface area contributed by atoms with Gasteiger partial charge in [-0.25, -0.2) is 12.8 Å². The van der Waals surface area contributed by atoms with Gasteiger partial charge in [0, 0.05) is 23.5 Å². The van der Waals surface area contributed by atoms with E-state index in [2.05, 4.69) is 0 Å². The zero-order valence-corrected chi connectivity index (χ0v) is 15.3. The molecule has 0 saturated carbocycles. The maximum absolute atomic E-state index is 13.4. The number of sulfonamides is 1. The summed E-state index contributed by atoms with van der Waals surface area (Å²) in [5.74, 6) is -0.448. The summed E-state index contributed by atoms with van der Waals surface area (Å²) < 4.78 is 46.1. The number of halogens is 1. The van der Waals surface area contributed by atoms with Crippen molar-refractivity contribution < 1.29 is 17.2 Å². The Hall–Kier alpha value is -1.96. The standard InChI is InChI=1S/C18H18FNO3S2/c1-14-11-16(19)4-5-18(14)25(21,22)20(12-15-7-9-23-13-15)8-6-17-3-2-10-24-17/h2-5,7,9-11,13H,6,8,12H2,1H3. The van der Waals surface area contributed by atoms with Gasteiger partial charge in [0.05, 0.1) is 17.4 Å². The number of thiophene rings is 1. The first-order chi connectivity index (χ1) is 12.0. The molecule has 7 heteroatoms. The predicted octanol–water partition coefficient (Wildman–Crippen LogP) is 4.22. The molecule has 1 aromatic carbocycles. The fourth-order valence-electron chi connectivity index (χ4n) is 2.60. The zero-order valence-electron chi connectivity index (χ0n) is 13.7. The van der Waals surface area contributed by atoms with E-state index in [0.29, 0.717) is 18.5 Å². The molecule has 4 nitrogen and oxygen atoms in total. The highest BCUT2D eigenvalue weighted by Crippen LogP contribution is 2.23. The molecular weight excluding hydrogens is 361 g/mol. The Morgan fingerprint density at radius 3 is 2.72 bits per heavy atom. The Morgan fingerprint density at radius 1 is 1.24 bits per heavy atom. The van der Waals surface area contributed by atoms with E-state index >= 15 is 0 Å². The summed E-state index contributed by atoms with van der Waals surface area (Å²) in [6.45, 7) is 2.15. The molecule has 0 N–H and O–H groups in total. The number of hydrogen-bond acceptors (Lipinski definition) is 4. The summed E-state index contributed by atoms with van der Waals surface area (Å²) >= 11 is 1.59. The summed E-state index contributed by atoms with van der Waals surface area (Å²) in [4.78, 5) is 1.24. The maximum atomic E-state index is 13.4. The van der Waals surface area contributed by atoms with Crippen LogP contribution in [0.25, 0.3) is 0 Å². The molecule has 3 aromatic rings. The Bertz CT molecular complexity index is 919. The average molecular weight is 379 g/mol. The van der Waals surface area contributed by atoms with Gasteiger partial charge in [-0.15, -0.1) is 11.3 Å². The van der Waals surface area contributed by atoms with Crippen LogP contribution in [0.5, 0.6) is 0 Å². The molecule has 0 aliphatic carbocycles. The third-order valence-corrected chi connectivity index (χ3v) is 6.82. The number of nitrogens with zero attached hydrogens (tertiary/aromatic N) is 1. The Labute approximate surface area is 150 Å². The second-order valence-corrected chi connectivity index (χ2v) is 8.65. The Kier molecular flexibility index (Phi) is 5.36. The summed E-state index contributed by atoms with van der Waals surface area (Å²) in [5.41, 5.74) is 1.17. The third-order valence-electron chi connectivity index (χ3n) is 3.88. The van der Waals surface area contributed by atoms with E-state index in [1.165, 1.54) is 35.0 Å². The molecule has 3 rings (SSSR count). The molecule has 0 spiro atoms. The molecule has 0 radical (unpaired) electrons. The molecule has 0 saturated heterocycles. The molecule has 0 bridgehead atoms. The van der Waals surface area contributed by atoms with E-state index in [0.717, 1.165) is 10.4 Å². The Balaban J connectivity index is 1.90. The first-order valence-electron chi connectivity index (χ1n) is 7.76. The second-order valence-electron chi connectivity index (χ2n) is 5.71. The number of aryl methyl sites for hydroxylation is 1. The van der Waals surface area contributed by atoms with Crippen molar-refractivity contribution in [3.8, 4) is 0 Å². The van der Waals surface area contributed by atoms with Crippen molar-refractivity contribution in [2.45, 2.75) is 24.8 Å². The number of rotatable bonds is 7. The number of benzene rings is 1. The Morgan fingerprint density at radius 2 is 2.08 bits per heavy atom. The SMILES string of the molecule is Cc1cc(F)ccc1S(=O)(=O)N(CCc1cccs1)Cc1ccoc1. The molecule has 0 aliphatic rings. The van der Waals surface area contributed by atoms with Crippen LogP contribution in [0.15, 0.2) is 63.6 Å². The molecule has 132 valence electrons. The first-order valence-corrected chi connectivity index (χ1v) is 10.1. The first kappa shape index (κ1) is 17.8. The van der Waals surface area contributed by atoms with Crippen LogP contribution in [0.1, 0.15) is 16.0 Å². The van der Waals surface area contributed by atoms with E-state index < -0.39 is 15.8 Å². The van der Waals surface area contributed by atoms with Crippen molar-refractivity contribution in [3.05, 3.63) is 76.1 Å². The van der Waals surface area contributed by atoms with Gasteiger partial charge in [-0.1, -0.05) is 6.07 Å². The van der Waals surface area contributed by atoms with Gasteiger partial charge in [0.2, 0.25) is 10.0 Å². The van der Waals surface area contributed by atoms with Crippen molar-refractivity contribution >= 4 is 21.4 Å². The predicted molar refractivity (Wildman–Crippen MR) is 95.5 cm³/mol. The van der Waals surface area contributed by atoms with Crippen molar-refractivity contribution in [2.24, 2.45) is 0 Å². The highest BCUT2D eigenvalue weighted by molar-refractivity contribution is 7.89. The smallest absolute Gasteiger partial charge is 0.243 e. The van der Waals surface area contributed by atoms with Gasteiger partial charge in [0.15, 0.2) is 0 Å². The fraction of sp³-hybridized carbons (Fsp3) is 0.222. The molecule has 0 atom stereocenters. The van der Waals surface area contributed by atoms with E-state index in [1.54, 1.807) is 24.3 Å². The van der Waals surface area contributed by atoms with Crippen LogP contribution >= 0.6 is 11.3 Å². The van der Waals surface area contributed by atoms with Gasteiger partial charge in [0.1, 0.15) is 5.82 Å². The third kappa shape index (κ3) is 4.18. The summed E-state index contributed by atoms with van der Waals surface area (Å²) in [5, 5.41) is 1.97. The van der Waals surface area contributed by atoms with Crippen LogP contribution in [0.2, 0.25) is 0 Å². The molecule has 2 heterocycles. The van der Waals surface area contributed by atoms with Gasteiger partial charge < -0.3 is 4.42 Å². The van der Waals surface area contributed by atoms with Crippen LogP contribution in [-0.2, 0) is 23.0 Å². The van der Waals surface area contributed by atoms with Crippen molar-refractivity contribution in [2.75, 3.05) is 6.54 Å². The van der Waals surface area contributed by atoms with Gasteiger partial charge in [-0.3, -0.25) is 0 Å². The molecular formula is C18H18FNO3S2. The average Bonchev–Trinajstić information content (AvgIpc) is 3.24. The minimum Gasteiger partial charge on any atom is -0.472 e. The summed E-state index contributed by atoms with van der Waals surface area (Å²) in [6.07, 6.45) is 3.67. The molecule has 0 amide bonds. The molecule has 25 heavy (non-hydrogen) atoms. The van der Waals surface area contributed by atoms with Crippen molar-refractivity contribution in [1.82, 2.24) is 4.31 Å². The quantitative estimate of drug-likeness (QED) is 0.617. The van der Waals surface area contributed by atoms with E-state index in [4.69, 9.17) is 4.42 Å². The van der Waals surface area contributed by atoms with Crippen LogP contribution in [0.3, 0.4) is 0 Å². The largest absolute Gasteiger partial charge is 0.472 e. The van der Waals surface area contributed by atoms with Crippen LogP contribution in [0, 0.1) is 12.7 Å². The van der Waals surface area contributed by atoms with Gasteiger partial charge in [0.25, 0.3) is 0 Å². The normalized spacial score (nSPS) is 12.0. The minimum absolute atomic E-state index is 0.128. The summed E-state index contributed by atoms with van der Waals surface area (Å²) in [6, 6.07) is 9.41.